The third-order valence-electron chi connectivity index (χ3n) is 2.73. The normalized spacial score (nSPS) is 9.95. The minimum Gasteiger partial charge on any atom is -0.384 e. The van der Waals surface area contributed by atoms with E-state index in [9.17, 15) is 4.79 Å². The van der Waals surface area contributed by atoms with Gasteiger partial charge in [0.15, 0.2) is 0 Å². The van der Waals surface area contributed by atoms with Crippen molar-refractivity contribution in [3.05, 3.63) is 34.9 Å². The standard InChI is InChI=1S/C16H21NO2/c1-12(2)8-9-17-16(19)15-11-13(3)6-7-14(15)5-4-10-18/h6-7,11-12,18H,8-10H2,1-3H3,(H,17,19). The second-order valence-electron chi connectivity index (χ2n) is 4.95. The van der Waals surface area contributed by atoms with E-state index in [1.807, 2.05) is 25.1 Å². The Bertz CT molecular complexity index is 495. The zero-order valence-electron chi connectivity index (χ0n) is 11.8. The van der Waals surface area contributed by atoms with Gasteiger partial charge in [-0.3, -0.25) is 4.79 Å². The first-order valence-electron chi connectivity index (χ1n) is 6.53. The number of aryl methyl sites for hydroxylation is 1. The summed E-state index contributed by atoms with van der Waals surface area (Å²) in [7, 11) is 0. The van der Waals surface area contributed by atoms with Crippen molar-refractivity contribution in [1.82, 2.24) is 5.32 Å². The Morgan fingerprint density at radius 3 is 2.79 bits per heavy atom. The van der Waals surface area contributed by atoms with Crippen LogP contribution in [0.1, 0.15) is 41.8 Å². The molecule has 0 saturated heterocycles. The lowest BCUT2D eigenvalue weighted by molar-refractivity contribution is 0.0951. The fourth-order valence-corrected chi connectivity index (χ4v) is 1.66. The van der Waals surface area contributed by atoms with Crippen LogP contribution in [0.4, 0.5) is 0 Å². The van der Waals surface area contributed by atoms with Gasteiger partial charge in [0.1, 0.15) is 6.61 Å². The number of rotatable bonds is 4. The minimum atomic E-state index is -0.206. The first-order chi connectivity index (χ1) is 9.04. The van der Waals surface area contributed by atoms with Gasteiger partial charge in [0, 0.05) is 12.1 Å². The summed E-state index contributed by atoms with van der Waals surface area (Å²) in [4.78, 5) is 12.1. The van der Waals surface area contributed by atoms with Gasteiger partial charge < -0.3 is 10.4 Å². The molecule has 0 atom stereocenters. The van der Waals surface area contributed by atoms with Crippen molar-refractivity contribution in [3.63, 3.8) is 0 Å². The lowest BCUT2D eigenvalue weighted by atomic mass is 10.0. The SMILES string of the molecule is Cc1ccc(C#CCO)c(C(=O)NCCC(C)C)c1. The van der Waals surface area contributed by atoms with Gasteiger partial charge in [0.2, 0.25) is 0 Å². The maximum Gasteiger partial charge on any atom is 0.252 e. The largest absolute Gasteiger partial charge is 0.384 e. The van der Waals surface area contributed by atoms with Crippen LogP contribution in [0, 0.1) is 24.7 Å². The predicted molar refractivity (Wildman–Crippen MR) is 76.9 cm³/mol. The number of carbonyl (C=O) groups is 1. The van der Waals surface area contributed by atoms with E-state index in [2.05, 4.69) is 31.0 Å². The summed E-state index contributed by atoms with van der Waals surface area (Å²) in [6.45, 7) is 6.64. The summed E-state index contributed by atoms with van der Waals surface area (Å²) in [5.74, 6) is 5.85. The number of carbonyl (C=O) groups excluding carboxylic acids is 1. The van der Waals surface area contributed by atoms with Gasteiger partial charge in [-0.15, -0.1) is 0 Å². The molecule has 0 fully saturated rings. The van der Waals surface area contributed by atoms with E-state index in [0.717, 1.165) is 12.0 Å². The average Bonchev–Trinajstić information content (AvgIpc) is 2.36. The average molecular weight is 259 g/mol. The van der Waals surface area contributed by atoms with E-state index in [1.165, 1.54) is 0 Å². The number of aliphatic hydroxyl groups excluding tert-OH is 1. The zero-order chi connectivity index (χ0) is 14.3. The molecular weight excluding hydrogens is 238 g/mol. The molecule has 0 aliphatic rings. The molecule has 0 radical (unpaired) electrons. The van der Waals surface area contributed by atoms with Crippen LogP contribution in [0.15, 0.2) is 18.2 Å². The van der Waals surface area contributed by atoms with Gasteiger partial charge >= 0.3 is 0 Å². The number of aliphatic hydroxyl groups is 1. The lowest BCUT2D eigenvalue weighted by Gasteiger charge is -2.09. The monoisotopic (exact) mass is 259 g/mol. The van der Waals surface area contributed by atoms with Gasteiger partial charge in [-0.1, -0.05) is 37.3 Å². The van der Waals surface area contributed by atoms with E-state index in [4.69, 9.17) is 5.11 Å². The lowest BCUT2D eigenvalue weighted by Crippen LogP contribution is -2.26. The molecule has 0 aliphatic heterocycles. The Morgan fingerprint density at radius 1 is 1.42 bits per heavy atom. The topological polar surface area (TPSA) is 49.3 Å². The number of hydrogen-bond acceptors (Lipinski definition) is 2. The van der Waals surface area contributed by atoms with Gasteiger partial charge in [-0.2, -0.15) is 0 Å². The Balaban J connectivity index is 2.85. The molecule has 0 unspecified atom stereocenters. The van der Waals surface area contributed by atoms with E-state index in [-0.39, 0.29) is 12.5 Å². The fourth-order valence-electron chi connectivity index (χ4n) is 1.66. The summed E-state index contributed by atoms with van der Waals surface area (Å²) in [6.07, 6.45) is 0.954. The van der Waals surface area contributed by atoms with Gasteiger partial charge in [0.05, 0.1) is 5.56 Å². The molecule has 0 heterocycles. The molecule has 2 N–H and O–H groups in total. The Morgan fingerprint density at radius 2 is 2.16 bits per heavy atom. The fraction of sp³-hybridized carbons (Fsp3) is 0.438. The van der Waals surface area contributed by atoms with Crippen LogP contribution >= 0.6 is 0 Å². The first-order valence-corrected chi connectivity index (χ1v) is 6.53. The van der Waals surface area contributed by atoms with Gasteiger partial charge in [-0.05, 0) is 31.4 Å². The van der Waals surface area contributed by atoms with Crippen LogP contribution in [0.3, 0.4) is 0 Å². The molecule has 102 valence electrons. The molecule has 0 aliphatic carbocycles. The van der Waals surface area contributed by atoms with Crippen molar-refractivity contribution >= 4 is 5.91 Å². The van der Waals surface area contributed by atoms with Gasteiger partial charge in [0.25, 0.3) is 5.91 Å². The summed E-state index contributed by atoms with van der Waals surface area (Å²) >= 11 is 0. The third-order valence-corrected chi connectivity index (χ3v) is 2.73. The molecule has 19 heavy (non-hydrogen) atoms. The van der Waals surface area contributed by atoms with Crippen LogP contribution in [-0.2, 0) is 0 Å². The number of benzene rings is 1. The highest BCUT2D eigenvalue weighted by Crippen LogP contribution is 2.11. The molecular formula is C16H21NO2. The van der Waals surface area contributed by atoms with Crippen molar-refractivity contribution in [2.24, 2.45) is 5.92 Å². The summed E-state index contributed by atoms with van der Waals surface area (Å²) in [5.41, 5.74) is 2.25. The minimum absolute atomic E-state index is 0.105. The van der Waals surface area contributed by atoms with Crippen molar-refractivity contribution < 1.29 is 9.90 Å². The first kappa shape index (κ1) is 15.3. The number of hydrogen-bond donors (Lipinski definition) is 2. The van der Waals surface area contributed by atoms with E-state index in [1.54, 1.807) is 0 Å². The molecule has 0 bridgehead atoms. The second kappa shape index (κ2) is 7.60. The highest BCUT2D eigenvalue weighted by Gasteiger charge is 2.10. The van der Waals surface area contributed by atoms with E-state index in [0.29, 0.717) is 23.6 Å². The molecule has 3 nitrogen and oxygen atoms in total. The molecule has 0 aromatic heterocycles. The molecule has 1 rings (SSSR count). The molecule has 3 heteroatoms. The molecule has 1 aromatic carbocycles. The highest BCUT2D eigenvalue weighted by atomic mass is 16.2. The maximum absolute atomic E-state index is 12.1. The Labute approximate surface area is 115 Å². The van der Waals surface area contributed by atoms with Crippen molar-refractivity contribution in [2.45, 2.75) is 27.2 Å². The summed E-state index contributed by atoms with van der Waals surface area (Å²) < 4.78 is 0. The van der Waals surface area contributed by atoms with Gasteiger partial charge in [-0.25, -0.2) is 0 Å². The quantitative estimate of drug-likeness (QED) is 0.814. The molecule has 1 aromatic rings. The third kappa shape index (κ3) is 5.15. The van der Waals surface area contributed by atoms with Crippen LogP contribution in [-0.4, -0.2) is 24.2 Å². The predicted octanol–water partition coefficient (Wildman–Crippen LogP) is 2.11. The number of nitrogens with one attached hydrogen (secondary N) is 1. The summed E-state index contributed by atoms with van der Waals surface area (Å²) in [6, 6.07) is 5.55. The maximum atomic E-state index is 12.1. The molecule has 0 spiro atoms. The van der Waals surface area contributed by atoms with Crippen molar-refractivity contribution in [3.8, 4) is 11.8 Å². The van der Waals surface area contributed by atoms with Crippen LogP contribution in [0.25, 0.3) is 0 Å². The Hall–Kier alpha value is -1.79. The zero-order valence-corrected chi connectivity index (χ0v) is 11.8. The van der Waals surface area contributed by atoms with E-state index >= 15 is 0 Å². The van der Waals surface area contributed by atoms with Crippen LogP contribution in [0.5, 0.6) is 0 Å². The van der Waals surface area contributed by atoms with Crippen LogP contribution in [0.2, 0.25) is 0 Å². The smallest absolute Gasteiger partial charge is 0.252 e. The van der Waals surface area contributed by atoms with Crippen molar-refractivity contribution in [1.29, 1.82) is 0 Å². The molecule has 0 saturated carbocycles. The van der Waals surface area contributed by atoms with E-state index < -0.39 is 0 Å². The Kier molecular flexibility index (Phi) is 6.11. The highest BCUT2D eigenvalue weighted by molar-refractivity contribution is 5.96. The summed E-state index contributed by atoms with van der Waals surface area (Å²) in [5, 5.41) is 11.6. The van der Waals surface area contributed by atoms with Crippen LogP contribution < -0.4 is 5.32 Å². The molecule has 1 amide bonds. The van der Waals surface area contributed by atoms with Crippen molar-refractivity contribution in [2.75, 3.05) is 13.2 Å². The second-order valence-corrected chi connectivity index (χ2v) is 4.95. The number of amides is 1.